The van der Waals surface area contributed by atoms with Crippen molar-refractivity contribution >= 4 is 0 Å². The third-order valence-electron chi connectivity index (χ3n) is 26.9. The second-order valence-electron chi connectivity index (χ2n) is 43.1. The van der Waals surface area contributed by atoms with Gasteiger partial charge in [-0.1, -0.05) is 548 Å². The number of hydrogen-bond acceptors (Lipinski definition) is 0. The van der Waals surface area contributed by atoms with Gasteiger partial charge in [-0.15, -0.1) is 0 Å². The first-order valence-electron chi connectivity index (χ1n) is 55.0. The predicted molar refractivity (Wildman–Crippen MR) is 625 cm³/mol. The van der Waals surface area contributed by atoms with E-state index in [1.54, 1.807) is 18.2 Å². The van der Waals surface area contributed by atoms with Crippen LogP contribution in [0.1, 0.15) is 175 Å². The first-order chi connectivity index (χ1) is 73.1. The van der Waals surface area contributed by atoms with Gasteiger partial charge in [0.25, 0.3) is 0 Å². The highest BCUT2D eigenvalue weighted by atomic mass is 14.3. The summed E-state index contributed by atoms with van der Waals surface area (Å²) in [5.74, 6) is 0.554. The van der Waals surface area contributed by atoms with E-state index in [2.05, 4.69) is 516 Å². The Labute approximate surface area is 872 Å². The summed E-state index contributed by atoms with van der Waals surface area (Å²) >= 11 is 0. The smallest absolute Gasteiger partial charge is 0.0622 e. The van der Waals surface area contributed by atoms with Crippen molar-refractivity contribution in [2.24, 2.45) is 0 Å². The maximum absolute atomic E-state index is 8.44. The number of hydrogen-bond donors (Lipinski definition) is 0. The Balaban J connectivity index is 0.000000133. The average Bonchev–Trinajstić information content (AvgIpc) is 0.775. The monoisotopic (exact) mass is 1870 g/mol. The molecular weight excluding hydrogens is 1730 g/mol. The summed E-state index contributed by atoms with van der Waals surface area (Å²) in [5, 5.41) is 0. The lowest BCUT2D eigenvalue weighted by atomic mass is 9.76. The lowest BCUT2D eigenvalue weighted by Crippen LogP contribution is -2.16. The molecule has 0 spiro atoms. The molecule has 0 radical (unpaired) electrons. The third kappa shape index (κ3) is 23.7. The number of fused-ring (bicyclic) bond motifs is 8. The molecule has 21 rings (SSSR count). The summed E-state index contributed by atoms with van der Waals surface area (Å²) in [6.45, 7) is 39.6. The van der Waals surface area contributed by atoms with Crippen LogP contribution < -0.4 is 0 Å². The maximum atomic E-state index is 8.44. The van der Waals surface area contributed by atoms with Crippen LogP contribution in [0.4, 0.5) is 0 Å². The standard InChI is InChI=1S/C46H38.C28H24.C28H26.C23H24.C19H24/c1-46(2,3)45-43(41-29-37(33-17-8-4-9-18-33)27-38(30-41)34-19-10-5-11-20-34)25-16-26-44(45)42-31-39(35-21-12-6-13-22-35)28-40(32-42)36-23-14-7-15-24-36;1-28(2,3)19-16-17-26-24-14-7-6-12-22(24)20-10-4-5-11-21(20)23-13-8-9-15-25(23)27(26)18-19;1-28(2,3)27-17-11-10-16-26(27)25-19-23(21-12-6-4-7-13-21)18-24(20-25)22-14-8-5-9-15-22;1-17-10-12-19(13-11-17)21-14-20(18-8-6-5-7-9-18)15-22(16-21)23(2,3)4;1-14(2)16-12-9-13-17(18(16)19(3,4)5)15-10-7-6-8-11-15/h4-32H,1-3H3;4-18H,1-3H3;4-20H,1-3H3;5-16H,1-4H3;6-14H,1-5H3/i;;;5D,6D,7D,8D,9D,10D,11D,12D,13D;. The molecule has 0 fully saturated rings. The van der Waals surface area contributed by atoms with Crippen LogP contribution in [-0.4, -0.2) is 0 Å². The van der Waals surface area contributed by atoms with Crippen LogP contribution in [0.5, 0.6) is 0 Å². The van der Waals surface area contributed by atoms with Gasteiger partial charge in [0, 0.05) is 0 Å². The SMILES string of the molecule is CC(C)(C)c1c(-c2cc(-c3ccccc3)cc(-c3ccccc3)c2)cccc1-c1cc(-c2ccccc2)cc(-c2ccccc2)c1.CC(C)(C)c1ccc2c(c1)-c1ccccc1-c1ccccc1-c1ccccc1-2.CC(C)(C)c1ccccc1-c1cc(-c2ccccc2)cc(-c2ccccc2)c1.CC(C)c1cccc(-c2ccccc2)c1C(C)(C)C.[2H]c1c([2H])c([2H])c(-c2cc(-c3c([2H])c([2H])c(C)c([2H])c3[2H])cc(C(C)(C)C)c2)c([2H])c1[2H]. The highest BCUT2D eigenvalue weighted by molar-refractivity contribution is 6.03. The number of benzene rings is 20. The molecule has 0 aliphatic heterocycles. The Morgan fingerprint density at radius 3 is 0.743 bits per heavy atom. The fraction of sp³-hybridized carbons (Fsp3) is 0.167. The van der Waals surface area contributed by atoms with Gasteiger partial charge in [0.15, 0.2) is 0 Å². The third-order valence-corrected chi connectivity index (χ3v) is 26.9. The molecule has 0 aromatic heterocycles. The van der Waals surface area contributed by atoms with Crippen molar-refractivity contribution in [2.75, 3.05) is 0 Å². The van der Waals surface area contributed by atoms with Crippen LogP contribution >= 0.6 is 0 Å². The molecule has 0 saturated carbocycles. The molecular formula is C144H136. The average molecular weight is 1880 g/mol. The van der Waals surface area contributed by atoms with Crippen molar-refractivity contribution in [3.63, 3.8) is 0 Å². The van der Waals surface area contributed by atoms with Crippen molar-refractivity contribution in [3.05, 3.63) is 530 Å². The summed E-state index contributed by atoms with van der Waals surface area (Å²) in [6.07, 6.45) is 0. The van der Waals surface area contributed by atoms with Gasteiger partial charge >= 0.3 is 0 Å². The second kappa shape index (κ2) is 43.9. The molecule has 0 amide bonds. The molecule has 0 saturated heterocycles. The molecule has 0 heterocycles. The molecule has 712 valence electrons. The Morgan fingerprint density at radius 2 is 0.424 bits per heavy atom. The van der Waals surface area contributed by atoms with Gasteiger partial charge in [-0.2, -0.15) is 0 Å². The van der Waals surface area contributed by atoms with E-state index in [4.69, 9.17) is 12.3 Å². The summed E-state index contributed by atoms with van der Waals surface area (Å²) in [5.41, 5.74) is 44.3. The van der Waals surface area contributed by atoms with E-state index in [0.717, 1.165) is 5.56 Å². The normalized spacial score (nSPS) is 12.5. The van der Waals surface area contributed by atoms with E-state index in [-0.39, 0.29) is 80.0 Å². The van der Waals surface area contributed by atoms with Gasteiger partial charge in [0.05, 0.1) is 12.3 Å². The molecule has 1 aliphatic rings. The van der Waals surface area contributed by atoms with Crippen LogP contribution in [0, 0.1) is 6.92 Å². The minimum atomic E-state index is -0.478. The lowest BCUT2D eigenvalue weighted by molar-refractivity contribution is 0.579. The van der Waals surface area contributed by atoms with E-state index >= 15 is 0 Å². The zero-order valence-corrected chi connectivity index (χ0v) is 86.6. The lowest BCUT2D eigenvalue weighted by Gasteiger charge is -2.28. The minimum absolute atomic E-state index is 0.0331. The van der Waals surface area contributed by atoms with Crippen molar-refractivity contribution in [1.29, 1.82) is 0 Å². The van der Waals surface area contributed by atoms with Crippen LogP contribution in [0.2, 0.25) is 0 Å². The molecule has 144 heavy (non-hydrogen) atoms. The first-order valence-corrected chi connectivity index (χ1v) is 50.5. The molecule has 20 aromatic rings. The summed E-state index contributed by atoms with van der Waals surface area (Å²) in [7, 11) is 0. The Bertz CT molecular complexity index is 7890. The molecule has 0 atom stereocenters. The topological polar surface area (TPSA) is 0 Å². The first kappa shape index (κ1) is 88.6. The van der Waals surface area contributed by atoms with E-state index in [1.165, 1.54) is 191 Å². The Morgan fingerprint density at radius 1 is 0.167 bits per heavy atom. The Hall–Kier alpha value is -15.6. The van der Waals surface area contributed by atoms with E-state index in [0.29, 0.717) is 17.0 Å². The highest BCUT2D eigenvalue weighted by Crippen LogP contribution is 2.51. The molecule has 20 aromatic carbocycles. The summed E-state index contributed by atoms with van der Waals surface area (Å²) in [4.78, 5) is 0. The van der Waals surface area contributed by atoms with Crippen LogP contribution in [0.15, 0.2) is 491 Å². The fourth-order valence-electron chi connectivity index (χ4n) is 19.7. The van der Waals surface area contributed by atoms with Crippen molar-refractivity contribution in [1.82, 2.24) is 0 Å². The zero-order chi connectivity index (χ0) is 109. The van der Waals surface area contributed by atoms with Gasteiger partial charge in [0.1, 0.15) is 0 Å². The van der Waals surface area contributed by atoms with Crippen molar-refractivity contribution in [3.8, 4) is 178 Å². The predicted octanol–water partition coefficient (Wildman–Crippen LogP) is 41.3. The van der Waals surface area contributed by atoms with E-state index in [1.807, 2.05) is 20.8 Å². The van der Waals surface area contributed by atoms with Gasteiger partial charge < -0.3 is 0 Å². The van der Waals surface area contributed by atoms with Gasteiger partial charge in [-0.05, 0) is 318 Å². The van der Waals surface area contributed by atoms with E-state index in [9.17, 15) is 0 Å². The Kier molecular flexibility index (Phi) is 27.0. The quantitative estimate of drug-likeness (QED) is 0.108. The molecule has 0 heteroatoms. The van der Waals surface area contributed by atoms with Crippen LogP contribution in [0.25, 0.3) is 178 Å². The maximum Gasteiger partial charge on any atom is 0.0629 e. The van der Waals surface area contributed by atoms with Crippen LogP contribution in [-0.2, 0) is 27.1 Å². The summed E-state index contributed by atoms with van der Waals surface area (Å²) in [6, 6.07) is 154. The fourth-order valence-corrected chi connectivity index (χ4v) is 19.7. The van der Waals surface area contributed by atoms with Gasteiger partial charge in [-0.25, -0.2) is 0 Å². The second-order valence-corrected chi connectivity index (χ2v) is 43.1. The zero-order valence-electron chi connectivity index (χ0n) is 95.6. The van der Waals surface area contributed by atoms with Crippen molar-refractivity contribution in [2.45, 2.75) is 158 Å². The highest BCUT2D eigenvalue weighted by Gasteiger charge is 2.30. The van der Waals surface area contributed by atoms with E-state index < -0.39 is 18.1 Å². The van der Waals surface area contributed by atoms with Gasteiger partial charge in [-0.3, -0.25) is 0 Å². The molecule has 0 N–H and O–H groups in total. The molecule has 0 bridgehead atoms. The molecule has 0 nitrogen and oxygen atoms in total. The largest absolute Gasteiger partial charge is 0.0629 e. The minimum Gasteiger partial charge on any atom is -0.0622 e. The van der Waals surface area contributed by atoms with Crippen molar-refractivity contribution < 1.29 is 12.3 Å². The molecule has 1 aliphatic carbocycles. The van der Waals surface area contributed by atoms with Gasteiger partial charge in [0.2, 0.25) is 0 Å². The molecule has 0 unspecified atom stereocenters. The summed E-state index contributed by atoms with van der Waals surface area (Å²) < 4.78 is 73.8. The van der Waals surface area contributed by atoms with Crippen LogP contribution in [0.3, 0.4) is 0 Å². The number of rotatable bonds is 13.